The Balaban J connectivity index is 1.30. The van der Waals surface area contributed by atoms with Crippen molar-refractivity contribution >= 4 is 28.4 Å². The average molecular weight is 534 g/mol. The Morgan fingerprint density at radius 1 is 1.00 bits per heavy atom. The van der Waals surface area contributed by atoms with Crippen molar-refractivity contribution in [3.8, 4) is 11.1 Å². The van der Waals surface area contributed by atoms with Gasteiger partial charge >= 0.3 is 6.18 Å². The van der Waals surface area contributed by atoms with Crippen molar-refractivity contribution in [2.75, 3.05) is 36.8 Å². The van der Waals surface area contributed by atoms with Gasteiger partial charge in [-0.15, -0.1) is 0 Å². The Labute approximate surface area is 225 Å². The summed E-state index contributed by atoms with van der Waals surface area (Å²) in [6, 6.07) is 15.8. The van der Waals surface area contributed by atoms with E-state index in [9.17, 15) is 18.0 Å². The molecule has 0 aliphatic carbocycles. The summed E-state index contributed by atoms with van der Waals surface area (Å²) in [5, 5.41) is 6.97. The number of amides is 1. The summed E-state index contributed by atoms with van der Waals surface area (Å²) in [7, 11) is 0. The van der Waals surface area contributed by atoms with E-state index in [4.69, 9.17) is 0 Å². The van der Waals surface area contributed by atoms with Crippen LogP contribution in [0.15, 0.2) is 66.9 Å². The summed E-state index contributed by atoms with van der Waals surface area (Å²) < 4.78 is 39.2. The van der Waals surface area contributed by atoms with Crippen LogP contribution in [0.3, 0.4) is 0 Å². The lowest BCUT2D eigenvalue weighted by molar-refractivity contribution is -0.137. The Hall–Kier alpha value is -3.98. The van der Waals surface area contributed by atoms with E-state index in [1.54, 1.807) is 18.3 Å². The molecule has 0 spiro atoms. The van der Waals surface area contributed by atoms with E-state index in [-0.39, 0.29) is 5.56 Å². The molecule has 2 N–H and O–H groups in total. The second kappa shape index (κ2) is 11.4. The van der Waals surface area contributed by atoms with Crippen LogP contribution in [0.1, 0.15) is 40.7 Å². The summed E-state index contributed by atoms with van der Waals surface area (Å²) in [5.74, 6) is -0.00341. The number of alkyl halides is 3. The number of piperidine rings is 1. The van der Waals surface area contributed by atoms with Crippen LogP contribution >= 0.6 is 0 Å². The minimum atomic E-state index is -4.52. The third-order valence-electron chi connectivity index (χ3n) is 7.08. The summed E-state index contributed by atoms with van der Waals surface area (Å²) in [6.45, 7) is 5.94. The first-order valence-corrected chi connectivity index (χ1v) is 13.1. The minimum absolute atomic E-state index is 0.0576. The zero-order valence-corrected chi connectivity index (χ0v) is 21.7. The third kappa shape index (κ3) is 6.37. The highest BCUT2D eigenvalue weighted by molar-refractivity contribution is 6.05. The molecule has 1 aromatic heterocycles. The predicted octanol–water partition coefficient (Wildman–Crippen LogP) is 6.77. The number of rotatable bonds is 7. The topological polar surface area (TPSA) is 70.2 Å². The molecular formula is C30H30F3N5O. The van der Waals surface area contributed by atoms with Gasteiger partial charge in [-0.1, -0.05) is 30.7 Å². The molecule has 0 saturated carbocycles. The quantitative estimate of drug-likeness (QED) is 0.274. The van der Waals surface area contributed by atoms with Gasteiger partial charge in [0.25, 0.3) is 5.91 Å². The highest BCUT2D eigenvalue weighted by Crippen LogP contribution is 2.32. The SMILES string of the molecule is Cc1c(NC(=O)c2cccc(C(F)(F)F)c2)cccc1-c1ccc2nc(NCCN3CCCCC3)ncc2c1. The smallest absolute Gasteiger partial charge is 0.353 e. The molecule has 1 fully saturated rings. The number of nitrogens with zero attached hydrogens (tertiary/aromatic N) is 3. The molecule has 202 valence electrons. The van der Waals surface area contributed by atoms with Crippen molar-refractivity contribution in [3.63, 3.8) is 0 Å². The maximum atomic E-state index is 13.1. The van der Waals surface area contributed by atoms with Gasteiger partial charge in [-0.05, 0) is 85.9 Å². The molecule has 0 unspecified atom stereocenters. The van der Waals surface area contributed by atoms with Crippen molar-refractivity contribution in [3.05, 3.63) is 83.6 Å². The maximum absolute atomic E-state index is 13.1. The standard InChI is InChI=1S/C30H30F3N5O/c1-20-25(9-6-10-26(20)36-28(39)22-7-5-8-24(18-22)30(31,32)33)21-11-12-27-23(17-21)19-35-29(37-27)34-13-16-38-14-3-2-4-15-38/h5-12,17-19H,2-4,13-16H2,1H3,(H,36,39)(H,34,35,37). The van der Waals surface area contributed by atoms with Crippen LogP contribution in [0, 0.1) is 6.92 Å². The van der Waals surface area contributed by atoms with Gasteiger partial charge in [0.1, 0.15) is 0 Å². The van der Waals surface area contributed by atoms with Gasteiger partial charge in [0.05, 0.1) is 11.1 Å². The number of carbonyl (C=O) groups is 1. The van der Waals surface area contributed by atoms with Crippen LogP contribution < -0.4 is 10.6 Å². The molecule has 9 heteroatoms. The molecule has 6 nitrogen and oxygen atoms in total. The Bertz CT molecular complexity index is 1480. The summed E-state index contributed by atoms with van der Waals surface area (Å²) in [4.78, 5) is 24.4. The van der Waals surface area contributed by atoms with Gasteiger partial charge in [0.15, 0.2) is 0 Å². The van der Waals surface area contributed by atoms with Crippen molar-refractivity contribution in [1.82, 2.24) is 14.9 Å². The number of likely N-dealkylation sites (tertiary alicyclic amines) is 1. The van der Waals surface area contributed by atoms with E-state index in [1.807, 2.05) is 31.2 Å². The molecule has 0 radical (unpaired) electrons. The van der Waals surface area contributed by atoms with Gasteiger partial charge in [0, 0.05) is 35.9 Å². The number of halogens is 3. The summed E-state index contributed by atoms with van der Waals surface area (Å²) >= 11 is 0. The highest BCUT2D eigenvalue weighted by atomic mass is 19.4. The first-order chi connectivity index (χ1) is 18.8. The van der Waals surface area contributed by atoms with Crippen molar-refractivity contribution < 1.29 is 18.0 Å². The fourth-order valence-corrected chi connectivity index (χ4v) is 4.91. The lowest BCUT2D eigenvalue weighted by Gasteiger charge is -2.26. The molecule has 39 heavy (non-hydrogen) atoms. The molecule has 0 atom stereocenters. The van der Waals surface area contributed by atoms with E-state index in [1.165, 1.54) is 31.4 Å². The Morgan fingerprint density at radius 3 is 2.59 bits per heavy atom. The van der Waals surface area contributed by atoms with Crippen LogP contribution in [-0.4, -0.2) is 47.0 Å². The van der Waals surface area contributed by atoms with Gasteiger partial charge in [0.2, 0.25) is 5.95 Å². The van der Waals surface area contributed by atoms with Crippen molar-refractivity contribution in [2.24, 2.45) is 0 Å². The van der Waals surface area contributed by atoms with Crippen LogP contribution in [0.2, 0.25) is 0 Å². The van der Waals surface area contributed by atoms with Crippen molar-refractivity contribution in [1.29, 1.82) is 0 Å². The van der Waals surface area contributed by atoms with E-state index in [0.717, 1.165) is 65.9 Å². The van der Waals surface area contributed by atoms with E-state index < -0.39 is 17.6 Å². The van der Waals surface area contributed by atoms with Gasteiger partial charge in [-0.25, -0.2) is 9.97 Å². The zero-order chi connectivity index (χ0) is 27.4. The second-order valence-electron chi connectivity index (χ2n) is 9.81. The number of fused-ring (bicyclic) bond motifs is 1. The molecule has 0 bridgehead atoms. The van der Waals surface area contributed by atoms with Gasteiger partial charge in [-0.3, -0.25) is 4.79 Å². The van der Waals surface area contributed by atoms with Crippen LogP contribution in [0.25, 0.3) is 22.0 Å². The fraction of sp³-hybridized carbons (Fsp3) is 0.300. The summed E-state index contributed by atoms with van der Waals surface area (Å²) in [5.41, 5.74) is 3.04. The van der Waals surface area contributed by atoms with Crippen LogP contribution in [0.5, 0.6) is 0 Å². The molecule has 2 heterocycles. The maximum Gasteiger partial charge on any atom is 0.416 e. The number of nitrogens with one attached hydrogen (secondary N) is 2. The number of carbonyl (C=O) groups excluding carboxylic acids is 1. The van der Waals surface area contributed by atoms with Crippen molar-refractivity contribution in [2.45, 2.75) is 32.4 Å². The second-order valence-corrected chi connectivity index (χ2v) is 9.81. The van der Waals surface area contributed by atoms with Crippen LogP contribution in [-0.2, 0) is 6.18 Å². The Kier molecular flexibility index (Phi) is 7.79. The highest BCUT2D eigenvalue weighted by Gasteiger charge is 2.31. The van der Waals surface area contributed by atoms with E-state index in [2.05, 4.69) is 25.5 Å². The molecule has 4 aromatic rings. The Morgan fingerprint density at radius 2 is 1.79 bits per heavy atom. The molecule has 1 saturated heterocycles. The average Bonchev–Trinajstić information content (AvgIpc) is 2.94. The predicted molar refractivity (Wildman–Crippen MR) is 148 cm³/mol. The van der Waals surface area contributed by atoms with Crippen LogP contribution in [0.4, 0.5) is 24.8 Å². The number of benzene rings is 3. The first-order valence-electron chi connectivity index (χ1n) is 13.1. The van der Waals surface area contributed by atoms with Gasteiger partial charge < -0.3 is 15.5 Å². The minimum Gasteiger partial charge on any atom is -0.353 e. The molecule has 1 aliphatic heterocycles. The number of aromatic nitrogens is 2. The molecule has 3 aromatic carbocycles. The number of anilines is 2. The lowest BCUT2D eigenvalue weighted by atomic mass is 9.98. The van der Waals surface area contributed by atoms with Gasteiger partial charge in [-0.2, -0.15) is 13.2 Å². The van der Waals surface area contributed by atoms with E-state index >= 15 is 0 Å². The van der Waals surface area contributed by atoms with E-state index in [0.29, 0.717) is 11.6 Å². The first kappa shape index (κ1) is 26.6. The number of hydrogen-bond acceptors (Lipinski definition) is 5. The largest absolute Gasteiger partial charge is 0.416 e. The fourth-order valence-electron chi connectivity index (χ4n) is 4.91. The normalized spacial score (nSPS) is 14.4. The zero-order valence-electron chi connectivity index (χ0n) is 21.7. The summed E-state index contributed by atoms with van der Waals surface area (Å²) in [6.07, 6.45) is 1.12. The number of hydrogen-bond donors (Lipinski definition) is 2. The molecule has 5 rings (SSSR count). The lowest BCUT2D eigenvalue weighted by Crippen LogP contribution is -2.33. The molecular weight excluding hydrogens is 503 g/mol. The monoisotopic (exact) mass is 533 g/mol. The third-order valence-corrected chi connectivity index (χ3v) is 7.08. The molecule has 1 aliphatic rings. The molecule has 1 amide bonds.